The largest absolute Gasteiger partial charge is 0.416 e. The number of hydrazine groups is 1. The van der Waals surface area contributed by atoms with Crippen LogP contribution in [0.5, 0.6) is 0 Å². The Morgan fingerprint density at radius 2 is 1.00 bits per heavy atom. The Kier molecular flexibility index (Phi) is 5.75. The van der Waals surface area contributed by atoms with Gasteiger partial charge < -0.3 is 20.0 Å². The minimum atomic E-state index is -4.63. The van der Waals surface area contributed by atoms with Crippen molar-refractivity contribution in [2.75, 3.05) is 10.9 Å². The van der Waals surface area contributed by atoms with Crippen LogP contribution in [0.1, 0.15) is 22.5 Å². The molecule has 0 unspecified atom stereocenters. The molecule has 0 aliphatic rings. The lowest BCUT2D eigenvalue weighted by Crippen LogP contribution is -2.14. The normalized spacial score (nSPS) is 12.1. The molecule has 2 N–H and O–H groups in total. The van der Waals surface area contributed by atoms with E-state index in [1.807, 2.05) is 0 Å². The molecule has 12 heteroatoms. The van der Waals surface area contributed by atoms with E-state index in [0.29, 0.717) is 11.4 Å². The van der Waals surface area contributed by atoms with E-state index in [1.165, 1.54) is 33.9 Å². The van der Waals surface area contributed by atoms with Crippen LogP contribution in [-0.4, -0.2) is 19.1 Å². The molecule has 2 aromatic carbocycles. The van der Waals surface area contributed by atoms with Gasteiger partial charge in [0.2, 0.25) is 0 Å². The monoisotopic (exact) mass is 480 g/mol. The van der Waals surface area contributed by atoms with Crippen LogP contribution in [0, 0.1) is 13.8 Å². The van der Waals surface area contributed by atoms with Crippen molar-refractivity contribution in [3.63, 3.8) is 0 Å². The van der Waals surface area contributed by atoms with E-state index in [1.54, 1.807) is 26.2 Å². The number of benzene rings is 2. The molecular weight excluding hydrogens is 462 g/mol. The number of imidazole rings is 2. The summed E-state index contributed by atoms with van der Waals surface area (Å²) in [7, 11) is 0. The van der Waals surface area contributed by atoms with Gasteiger partial charge in [0, 0.05) is 23.8 Å². The molecule has 2 heterocycles. The van der Waals surface area contributed by atoms with Gasteiger partial charge in [-0.2, -0.15) is 26.3 Å². The second-order valence-electron chi connectivity index (χ2n) is 7.63. The molecule has 0 bridgehead atoms. The van der Waals surface area contributed by atoms with Crippen molar-refractivity contribution in [1.29, 1.82) is 0 Å². The number of anilines is 2. The molecular formula is C22H18F6N6. The smallest absolute Gasteiger partial charge is 0.306 e. The number of alkyl halides is 6. The Labute approximate surface area is 189 Å². The highest BCUT2D eigenvalue weighted by Crippen LogP contribution is 2.35. The van der Waals surface area contributed by atoms with Crippen molar-refractivity contribution >= 4 is 11.4 Å². The summed E-state index contributed by atoms with van der Waals surface area (Å²) in [5, 5.41) is 0. The molecule has 4 aromatic rings. The molecule has 0 spiro atoms. The Morgan fingerprint density at radius 1 is 0.618 bits per heavy atom. The first-order valence-electron chi connectivity index (χ1n) is 9.87. The SMILES string of the molecule is Cc1cn(-c2cc(NNc3cc(-n4cnc(C)c4)cc(C(F)(F)F)c3)cc(C(F)(F)F)c2)cn1. The van der Waals surface area contributed by atoms with E-state index >= 15 is 0 Å². The molecule has 178 valence electrons. The predicted octanol–water partition coefficient (Wildman–Crippen LogP) is 6.15. The minimum Gasteiger partial charge on any atom is -0.306 e. The predicted molar refractivity (Wildman–Crippen MR) is 114 cm³/mol. The summed E-state index contributed by atoms with van der Waals surface area (Å²) in [6.07, 6.45) is -3.42. The zero-order valence-electron chi connectivity index (χ0n) is 17.8. The van der Waals surface area contributed by atoms with Gasteiger partial charge in [0.15, 0.2) is 0 Å². The molecule has 0 fully saturated rings. The van der Waals surface area contributed by atoms with Crippen LogP contribution < -0.4 is 10.9 Å². The average Bonchev–Trinajstić information content (AvgIpc) is 3.39. The molecule has 0 atom stereocenters. The van der Waals surface area contributed by atoms with Gasteiger partial charge in [0.1, 0.15) is 0 Å². The van der Waals surface area contributed by atoms with E-state index in [0.717, 1.165) is 24.3 Å². The maximum atomic E-state index is 13.5. The lowest BCUT2D eigenvalue weighted by molar-refractivity contribution is -0.138. The number of hydrogen-bond donors (Lipinski definition) is 2. The number of aryl methyl sites for hydroxylation is 2. The average molecular weight is 480 g/mol. The van der Waals surface area contributed by atoms with Gasteiger partial charge in [-0.25, -0.2) is 9.97 Å². The fourth-order valence-electron chi connectivity index (χ4n) is 3.26. The third kappa shape index (κ3) is 5.16. The van der Waals surface area contributed by atoms with Crippen LogP contribution in [0.2, 0.25) is 0 Å². The Hall–Kier alpha value is -3.96. The first kappa shape index (κ1) is 23.2. The highest BCUT2D eigenvalue weighted by atomic mass is 19.4. The number of nitrogens with one attached hydrogen (secondary N) is 2. The van der Waals surface area contributed by atoms with E-state index < -0.39 is 23.5 Å². The summed E-state index contributed by atoms with van der Waals surface area (Å²) in [6, 6.07) is 6.45. The first-order chi connectivity index (χ1) is 15.9. The molecule has 34 heavy (non-hydrogen) atoms. The zero-order chi connectivity index (χ0) is 24.7. The standard InChI is InChI=1S/C22H18F6N6/c1-13-9-33(11-29-13)19-5-15(21(23,24)25)3-17(7-19)31-32-18-4-16(22(26,27)28)6-20(8-18)34-10-14(2)30-12-34/h3-12,31-32H,1-2H3. The number of aromatic nitrogens is 4. The Bertz CT molecular complexity index is 1220. The topological polar surface area (TPSA) is 59.7 Å². The van der Waals surface area contributed by atoms with Crippen molar-refractivity contribution in [3.8, 4) is 11.4 Å². The van der Waals surface area contributed by atoms with E-state index in [-0.39, 0.29) is 22.7 Å². The molecule has 0 saturated heterocycles. The summed E-state index contributed by atoms with van der Waals surface area (Å²) >= 11 is 0. The van der Waals surface area contributed by atoms with Crippen molar-refractivity contribution in [2.45, 2.75) is 26.2 Å². The van der Waals surface area contributed by atoms with Crippen molar-refractivity contribution in [3.05, 3.63) is 84.0 Å². The van der Waals surface area contributed by atoms with Crippen LogP contribution in [0.3, 0.4) is 0 Å². The van der Waals surface area contributed by atoms with Gasteiger partial charge in [-0.15, -0.1) is 0 Å². The van der Waals surface area contributed by atoms with Gasteiger partial charge in [-0.3, -0.25) is 0 Å². The third-order valence-electron chi connectivity index (χ3n) is 4.86. The second-order valence-corrected chi connectivity index (χ2v) is 7.63. The summed E-state index contributed by atoms with van der Waals surface area (Å²) in [4.78, 5) is 8.03. The molecule has 0 aliphatic heterocycles. The minimum absolute atomic E-state index is 0.00591. The number of rotatable bonds is 5. The number of halogens is 6. The van der Waals surface area contributed by atoms with Gasteiger partial charge in [-0.1, -0.05) is 0 Å². The van der Waals surface area contributed by atoms with Gasteiger partial charge in [0.05, 0.1) is 46.5 Å². The van der Waals surface area contributed by atoms with Crippen LogP contribution >= 0.6 is 0 Å². The van der Waals surface area contributed by atoms with Crippen molar-refractivity contribution in [2.24, 2.45) is 0 Å². The molecule has 6 nitrogen and oxygen atoms in total. The number of hydrogen-bond acceptors (Lipinski definition) is 4. The second kappa shape index (κ2) is 8.43. The number of nitrogens with zero attached hydrogens (tertiary/aromatic N) is 4. The lowest BCUT2D eigenvalue weighted by Gasteiger charge is -2.17. The summed E-state index contributed by atoms with van der Waals surface area (Å²) < 4.78 is 83.5. The van der Waals surface area contributed by atoms with Gasteiger partial charge in [-0.05, 0) is 50.2 Å². The van der Waals surface area contributed by atoms with Crippen LogP contribution in [0.15, 0.2) is 61.4 Å². The molecule has 0 aliphatic carbocycles. The van der Waals surface area contributed by atoms with Crippen molar-refractivity contribution in [1.82, 2.24) is 19.1 Å². The molecule has 0 radical (unpaired) electrons. The van der Waals surface area contributed by atoms with Gasteiger partial charge >= 0.3 is 12.4 Å². The third-order valence-corrected chi connectivity index (χ3v) is 4.86. The summed E-state index contributed by atoms with van der Waals surface area (Å²) in [5.41, 5.74) is 4.85. The molecule has 2 aromatic heterocycles. The lowest BCUT2D eigenvalue weighted by atomic mass is 10.1. The Balaban J connectivity index is 1.68. The van der Waals surface area contributed by atoms with Crippen molar-refractivity contribution < 1.29 is 26.3 Å². The molecule has 4 rings (SSSR count). The summed E-state index contributed by atoms with van der Waals surface area (Å²) in [6.45, 7) is 3.38. The maximum absolute atomic E-state index is 13.5. The fourth-order valence-corrected chi connectivity index (χ4v) is 3.26. The highest BCUT2D eigenvalue weighted by molar-refractivity contribution is 5.61. The quantitative estimate of drug-likeness (QED) is 0.266. The molecule has 0 amide bonds. The van der Waals surface area contributed by atoms with E-state index in [9.17, 15) is 26.3 Å². The van der Waals surface area contributed by atoms with Crippen LogP contribution in [0.25, 0.3) is 11.4 Å². The maximum Gasteiger partial charge on any atom is 0.416 e. The first-order valence-corrected chi connectivity index (χ1v) is 9.87. The zero-order valence-corrected chi connectivity index (χ0v) is 17.8. The molecule has 0 saturated carbocycles. The Morgan fingerprint density at radius 3 is 1.29 bits per heavy atom. The van der Waals surface area contributed by atoms with E-state index in [2.05, 4.69) is 20.8 Å². The van der Waals surface area contributed by atoms with Crippen LogP contribution in [-0.2, 0) is 12.4 Å². The van der Waals surface area contributed by atoms with Gasteiger partial charge in [0.25, 0.3) is 0 Å². The van der Waals surface area contributed by atoms with Crippen LogP contribution in [0.4, 0.5) is 37.7 Å². The summed E-state index contributed by atoms with van der Waals surface area (Å²) in [5.74, 6) is 0. The van der Waals surface area contributed by atoms with E-state index in [4.69, 9.17) is 0 Å². The highest BCUT2D eigenvalue weighted by Gasteiger charge is 2.32. The fraction of sp³-hybridized carbons (Fsp3) is 0.182.